The SMILES string of the molecule is Cc1ccc(C=c2sc3n(c2=O)C(c2ccccc2Cl)C2=C(N=3)c3ccccc3CC2)o1. The lowest BCUT2D eigenvalue weighted by Crippen LogP contribution is -2.38. The summed E-state index contributed by atoms with van der Waals surface area (Å²) in [5, 5.41) is 0.654. The van der Waals surface area contributed by atoms with E-state index in [0.717, 1.165) is 41.0 Å². The molecule has 0 fully saturated rings. The number of furan rings is 1. The maximum absolute atomic E-state index is 13.6. The summed E-state index contributed by atoms with van der Waals surface area (Å²) in [4.78, 5) is 19.3. The average Bonchev–Trinajstić information content (AvgIpc) is 3.35. The van der Waals surface area contributed by atoms with Gasteiger partial charge in [-0.05, 0) is 54.7 Å². The number of fused-ring (bicyclic) bond motifs is 3. The first-order valence-corrected chi connectivity index (χ1v) is 11.7. The highest BCUT2D eigenvalue weighted by Gasteiger charge is 2.33. The van der Waals surface area contributed by atoms with Gasteiger partial charge in [-0.1, -0.05) is 65.4 Å². The molecule has 1 unspecified atom stereocenters. The Morgan fingerprint density at radius 1 is 1.09 bits per heavy atom. The Kier molecular flexibility index (Phi) is 4.56. The van der Waals surface area contributed by atoms with Gasteiger partial charge in [0.05, 0.1) is 16.3 Å². The maximum Gasteiger partial charge on any atom is 0.271 e. The second-order valence-corrected chi connectivity index (χ2v) is 9.50. The second kappa shape index (κ2) is 7.47. The zero-order valence-corrected chi connectivity index (χ0v) is 18.9. The van der Waals surface area contributed by atoms with Crippen molar-refractivity contribution in [2.75, 3.05) is 0 Å². The van der Waals surface area contributed by atoms with Gasteiger partial charge in [-0.25, -0.2) is 4.99 Å². The zero-order chi connectivity index (χ0) is 21.8. The molecule has 2 aromatic heterocycles. The summed E-state index contributed by atoms with van der Waals surface area (Å²) in [5.41, 5.74) is 5.40. The van der Waals surface area contributed by atoms with Crippen molar-refractivity contribution in [1.82, 2.24) is 4.57 Å². The molecule has 32 heavy (non-hydrogen) atoms. The normalized spacial score (nSPS) is 17.6. The van der Waals surface area contributed by atoms with Crippen LogP contribution < -0.4 is 14.9 Å². The molecule has 0 bridgehead atoms. The number of thiazole rings is 1. The minimum atomic E-state index is -0.274. The topological polar surface area (TPSA) is 47.5 Å². The van der Waals surface area contributed by atoms with Crippen LogP contribution in [0.4, 0.5) is 0 Å². The molecule has 4 nitrogen and oxygen atoms in total. The van der Waals surface area contributed by atoms with Gasteiger partial charge >= 0.3 is 0 Å². The van der Waals surface area contributed by atoms with Crippen molar-refractivity contribution in [2.45, 2.75) is 25.8 Å². The van der Waals surface area contributed by atoms with E-state index in [0.29, 0.717) is 20.1 Å². The van der Waals surface area contributed by atoms with Crippen molar-refractivity contribution in [3.05, 3.63) is 119 Å². The monoisotopic (exact) mass is 458 g/mol. The van der Waals surface area contributed by atoms with Gasteiger partial charge in [0.1, 0.15) is 11.5 Å². The third-order valence-electron chi connectivity index (χ3n) is 6.11. The Bertz CT molecular complexity index is 1590. The molecule has 158 valence electrons. The molecule has 0 saturated carbocycles. The lowest BCUT2D eigenvalue weighted by atomic mass is 9.83. The number of allylic oxidation sites excluding steroid dienone is 1. The van der Waals surface area contributed by atoms with Crippen LogP contribution in [0.5, 0.6) is 0 Å². The van der Waals surface area contributed by atoms with Crippen molar-refractivity contribution >= 4 is 34.7 Å². The molecule has 4 aromatic rings. The molecule has 6 heteroatoms. The third kappa shape index (κ3) is 3.04. The van der Waals surface area contributed by atoms with E-state index < -0.39 is 0 Å². The minimum absolute atomic E-state index is 0.0712. The smallest absolute Gasteiger partial charge is 0.271 e. The average molecular weight is 459 g/mol. The van der Waals surface area contributed by atoms with Gasteiger partial charge in [0, 0.05) is 16.7 Å². The van der Waals surface area contributed by atoms with Crippen LogP contribution in [0.1, 0.15) is 40.7 Å². The second-order valence-electron chi connectivity index (χ2n) is 8.08. The highest BCUT2D eigenvalue weighted by Crippen LogP contribution is 2.42. The van der Waals surface area contributed by atoms with Gasteiger partial charge in [0.15, 0.2) is 4.80 Å². The predicted octanol–water partition coefficient (Wildman–Crippen LogP) is 4.87. The first-order chi connectivity index (χ1) is 15.6. The Morgan fingerprint density at radius 3 is 2.72 bits per heavy atom. The molecule has 0 spiro atoms. The van der Waals surface area contributed by atoms with Gasteiger partial charge < -0.3 is 4.42 Å². The highest BCUT2D eigenvalue weighted by atomic mass is 35.5. The van der Waals surface area contributed by atoms with E-state index in [-0.39, 0.29) is 11.6 Å². The number of benzene rings is 2. The molecule has 0 N–H and O–H groups in total. The van der Waals surface area contributed by atoms with Crippen LogP contribution in [0.25, 0.3) is 11.8 Å². The summed E-state index contributed by atoms with van der Waals surface area (Å²) in [6.45, 7) is 1.89. The number of rotatable bonds is 2. The fourth-order valence-corrected chi connectivity index (χ4v) is 5.88. The number of aromatic nitrogens is 1. The lowest BCUT2D eigenvalue weighted by Gasteiger charge is -2.31. The summed E-state index contributed by atoms with van der Waals surface area (Å²) < 4.78 is 8.09. The fourth-order valence-electron chi connectivity index (χ4n) is 4.66. The van der Waals surface area contributed by atoms with E-state index in [1.54, 1.807) is 10.6 Å². The Balaban J connectivity index is 1.66. The standard InChI is InChI=1S/C26H19ClN2O2S/c1-15-10-12-17(31-15)14-22-25(30)29-24(19-8-4-5-9-21(19)27)20-13-11-16-6-2-3-7-18(16)23(20)28-26(29)32-22/h2-10,12,14,24H,11,13H2,1H3. The fraction of sp³-hybridized carbons (Fsp3) is 0.154. The molecule has 0 amide bonds. The van der Waals surface area contributed by atoms with Crippen molar-refractivity contribution in [2.24, 2.45) is 4.99 Å². The van der Waals surface area contributed by atoms with Crippen LogP contribution in [0.2, 0.25) is 5.02 Å². The van der Waals surface area contributed by atoms with E-state index in [1.165, 1.54) is 16.9 Å². The quantitative estimate of drug-likeness (QED) is 0.430. The molecular weight excluding hydrogens is 440 g/mol. The Hall–Kier alpha value is -3.15. The summed E-state index contributed by atoms with van der Waals surface area (Å²) in [6, 6.07) is 19.7. The molecule has 2 aromatic carbocycles. The maximum atomic E-state index is 13.6. The van der Waals surface area contributed by atoms with Crippen LogP contribution in [-0.4, -0.2) is 4.57 Å². The number of aryl methyl sites for hydroxylation is 2. The summed E-state index contributed by atoms with van der Waals surface area (Å²) in [5.74, 6) is 1.47. The molecule has 1 aliphatic heterocycles. The van der Waals surface area contributed by atoms with E-state index >= 15 is 0 Å². The van der Waals surface area contributed by atoms with Gasteiger partial charge in [0.2, 0.25) is 0 Å². The molecule has 6 rings (SSSR count). The van der Waals surface area contributed by atoms with Crippen molar-refractivity contribution in [3.8, 4) is 0 Å². The van der Waals surface area contributed by atoms with Crippen molar-refractivity contribution in [1.29, 1.82) is 0 Å². The Labute approximate surface area is 193 Å². The molecule has 0 radical (unpaired) electrons. The van der Waals surface area contributed by atoms with Gasteiger partial charge in [0.25, 0.3) is 5.56 Å². The summed E-state index contributed by atoms with van der Waals surface area (Å²) in [7, 11) is 0. The Morgan fingerprint density at radius 2 is 1.91 bits per heavy atom. The van der Waals surface area contributed by atoms with Crippen LogP contribution in [-0.2, 0) is 6.42 Å². The number of nitrogens with zero attached hydrogens (tertiary/aromatic N) is 2. The van der Waals surface area contributed by atoms with Gasteiger partial charge in [-0.15, -0.1) is 0 Å². The highest BCUT2D eigenvalue weighted by molar-refractivity contribution is 7.07. The van der Waals surface area contributed by atoms with Gasteiger partial charge in [-0.3, -0.25) is 9.36 Å². The molecule has 3 heterocycles. The van der Waals surface area contributed by atoms with Crippen LogP contribution in [0.3, 0.4) is 0 Å². The van der Waals surface area contributed by atoms with E-state index in [4.69, 9.17) is 21.0 Å². The first kappa shape index (κ1) is 19.5. The number of halogens is 1. The zero-order valence-electron chi connectivity index (χ0n) is 17.3. The predicted molar refractivity (Wildman–Crippen MR) is 128 cm³/mol. The molecule has 1 atom stereocenters. The third-order valence-corrected chi connectivity index (χ3v) is 7.43. The van der Waals surface area contributed by atoms with E-state index in [9.17, 15) is 4.79 Å². The molecule has 0 saturated heterocycles. The van der Waals surface area contributed by atoms with Crippen LogP contribution in [0.15, 0.2) is 80.4 Å². The summed E-state index contributed by atoms with van der Waals surface area (Å²) >= 11 is 8.05. The summed E-state index contributed by atoms with van der Waals surface area (Å²) in [6.07, 6.45) is 3.56. The first-order valence-electron chi connectivity index (χ1n) is 10.5. The van der Waals surface area contributed by atoms with E-state index in [1.807, 2.05) is 49.4 Å². The van der Waals surface area contributed by atoms with Crippen molar-refractivity contribution in [3.63, 3.8) is 0 Å². The molecule has 2 aliphatic rings. The number of hydrogen-bond donors (Lipinski definition) is 0. The largest absolute Gasteiger partial charge is 0.462 e. The van der Waals surface area contributed by atoms with Crippen LogP contribution in [0, 0.1) is 6.92 Å². The molecule has 1 aliphatic carbocycles. The van der Waals surface area contributed by atoms with Gasteiger partial charge in [-0.2, -0.15) is 0 Å². The van der Waals surface area contributed by atoms with Crippen molar-refractivity contribution < 1.29 is 4.42 Å². The molecular formula is C26H19ClN2O2S. The lowest BCUT2D eigenvalue weighted by molar-refractivity contribution is 0.524. The van der Waals surface area contributed by atoms with Crippen LogP contribution >= 0.6 is 22.9 Å². The van der Waals surface area contributed by atoms with E-state index in [2.05, 4.69) is 18.2 Å². The minimum Gasteiger partial charge on any atom is -0.462 e. The number of hydrogen-bond acceptors (Lipinski definition) is 4.